The molecule has 0 aromatic rings. The molecule has 0 heterocycles. The van der Waals surface area contributed by atoms with Gasteiger partial charge in [0.25, 0.3) is 0 Å². The number of rotatable bonds is 12. The van der Waals surface area contributed by atoms with Gasteiger partial charge in [0.15, 0.2) is 0 Å². The van der Waals surface area contributed by atoms with Crippen LogP contribution in [0.25, 0.3) is 0 Å². The van der Waals surface area contributed by atoms with Gasteiger partial charge >= 0.3 is 0 Å². The summed E-state index contributed by atoms with van der Waals surface area (Å²) in [5.74, 6) is 0.323. The summed E-state index contributed by atoms with van der Waals surface area (Å²) in [6, 6.07) is 0.274. The van der Waals surface area contributed by atoms with E-state index < -0.39 is 0 Å². The van der Waals surface area contributed by atoms with Gasteiger partial charge in [0.1, 0.15) is 0 Å². The van der Waals surface area contributed by atoms with Crippen molar-refractivity contribution in [2.24, 2.45) is 35.1 Å². The predicted molar refractivity (Wildman–Crippen MR) is 104 cm³/mol. The maximum atomic E-state index is 12.2. The van der Waals surface area contributed by atoms with Crippen LogP contribution in [0.5, 0.6) is 0 Å². The van der Waals surface area contributed by atoms with Crippen molar-refractivity contribution in [3.8, 4) is 0 Å². The summed E-state index contributed by atoms with van der Waals surface area (Å²) in [6.45, 7) is 13.1. The quantitative estimate of drug-likeness (QED) is 0.426. The van der Waals surface area contributed by atoms with E-state index in [1.165, 1.54) is 0 Å². The molecule has 0 aromatic heterocycles. The second kappa shape index (κ2) is 12.3. The third-order valence-corrected chi connectivity index (χ3v) is 4.40. The van der Waals surface area contributed by atoms with E-state index in [0.29, 0.717) is 31.3 Å². The van der Waals surface area contributed by atoms with Crippen LogP contribution in [0, 0.1) is 23.7 Å². The zero-order valence-electron chi connectivity index (χ0n) is 17.0. The molecule has 0 rings (SSSR count). The molecule has 0 saturated carbocycles. The summed E-state index contributed by atoms with van der Waals surface area (Å²) in [4.78, 5) is 24.4. The van der Waals surface area contributed by atoms with Crippen molar-refractivity contribution in [1.29, 1.82) is 0 Å². The lowest BCUT2D eigenvalue weighted by Gasteiger charge is -2.20. The van der Waals surface area contributed by atoms with Crippen LogP contribution in [-0.2, 0) is 9.59 Å². The van der Waals surface area contributed by atoms with Crippen molar-refractivity contribution in [2.75, 3.05) is 13.1 Å². The molecule has 0 radical (unpaired) electrons. The fourth-order valence-corrected chi connectivity index (χ4v) is 3.08. The number of hydrogen-bond donors (Lipinski definition) is 4. The van der Waals surface area contributed by atoms with Crippen molar-refractivity contribution >= 4 is 11.8 Å². The SMILES string of the molecule is CC(N)CC(C)CNC(=O)C(C)CC(C)C(=O)NCC(C)CC(C)N. The van der Waals surface area contributed by atoms with E-state index in [0.717, 1.165) is 12.8 Å². The number of nitrogens with two attached hydrogens (primary N) is 2. The molecular formula is C19H40N4O2. The summed E-state index contributed by atoms with van der Waals surface area (Å²) in [5, 5.41) is 5.93. The van der Waals surface area contributed by atoms with Crippen molar-refractivity contribution in [3.05, 3.63) is 0 Å². The molecule has 6 N–H and O–H groups in total. The lowest BCUT2D eigenvalue weighted by atomic mass is 9.95. The first-order valence-electron chi connectivity index (χ1n) is 9.59. The maximum absolute atomic E-state index is 12.2. The van der Waals surface area contributed by atoms with Crippen LogP contribution in [0.4, 0.5) is 0 Å². The first-order valence-corrected chi connectivity index (χ1v) is 9.59. The van der Waals surface area contributed by atoms with Crippen LogP contribution in [-0.4, -0.2) is 37.0 Å². The van der Waals surface area contributed by atoms with Crippen LogP contribution in [0.3, 0.4) is 0 Å². The molecule has 6 atom stereocenters. The van der Waals surface area contributed by atoms with Gasteiger partial charge < -0.3 is 22.1 Å². The van der Waals surface area contributed by atoms with Crippen molar-refractivity contribution < 1.29 is 9.59 Å². The smallest absolute Gasteiger partial charge is 0.222 e. The van der Waals surface area contributed by atoms with Gasteiger partial charge in [0, 0.05) is 37.0 Å². The molecule has 6 unspecified atom stereocenters. The number of carbonyl (C=O) groups is 2. The zero-order chi connectivity index (χ0) is 19.6. The van der Waals surface area contributed by atoms with E-state index in [-0.39, 0.29) is 35.7 Å². The molecular weight excluding hydrogens is 316 g/mol. The molecule has 0 fully saturated rings. The van der Waals surface area contributed by atoms with E-state index in [2.05, 4.69) is 24.5 Å². The fourth-order valence-electron chi connectivity index (χ4n) is 3.08. The van der Waals surface area contributed by atoms with Crippen LogP contribution >= 0.6 is 0 Å². The third-order valence-electron chi connectivity index (χ3n) is 4.40. The van der Waals surface area contributed by atoms with Gasteiger partial charge in [-0.1, -0.05) is 27.7 Å². The molecule has 6 heteroatoms. The summed E-state index contributed by atoms with van der Waals surface area (Å²) in [5.41, 5.74) is 11.5. The molecule has 0 saturated heterocycles. The first kappa shape index (κ1) is 23.9. The largest absolute Gasteiger partial charge is 0.356 e. The van der Waals surface area contributed by atoms with Crippen molar-refractivity contribution in [1.82, 2.24) is 10.6 Å². The van der Waals surface area contributed by atoms with Crippen molar-refractivity contribution in [2.45, 2.75) is 72.9 Å². The molecule has 0 spiro atoms. The van der Waals surface area contributed by atoms with E-state index in [4.69, 9.17) is 11.5 Å². The average Bonchev–Trinajstić information content (AvgIpc) is 2.48. The van der Waals surface area contributed by atoms with Gasteiger partial charge in [-0.25, -0.2) is 0 Å². The van der Waals surface area contributed by atoms with Crippen LogP contribution in [0.2, 0.25) is 0 Å². The topological polar surface area (TPSA) is 110 Å². The highest BCUT2D eigenvalue weighted by Crippen LogP contribution is 2.13. The van der Waals surface area contributed by atoms with Crippen LogP contribution < -0.4 is 22.1 Å². The fraction of sp³-hybridized carbons (Fsp3) is 0.895. The summed E-state index contributed by atoms with van der Waals surface area (Å²) in [6.07, 6.45) is 2.31. The minimum Gasteiger partial charge on any atom is -0.356 e. The van der Waals surface area contributed by atoms with E-state index in [9.17, 15) is 9.59 Å². The van der Waals surface area contributed by atoms with E-state index >= 15 is 0 Å². The van der Waals surface area contributed by atoms with Crippen molar-refractivity contribution in [3.63, 3.8) is 0 Å². The molecule has 0 aliphatic carbocycles. The number of amides is 2. The highest BCUT2D eigenvalue weighted by atomic mass is 16.2. The van der Waals surface area contributed by atoms with E-state index in [1.807, 2.05) is 27.7 Å². The van der Waals surface area contributed by atoms with Gasteiger partial charge in [0.05, 0.1) is 0 Å². The molecule has 0 bridgehead atoms. The number of hydrogen-bond acceptors (Lipinski definition) is 4. The predicted octanol–water partition coefficient (Wildman–Crippen LogP) is 1.63. The Morgan fingerprint density at radius 1 is 0.680 bits per heavy atom. The number of nitrogens with one attached hydrogen (secondary N) is 2. The second-order valence-corrected chi connectivity index (χ2v) is 8.16. The molecule has 148 valence electrons. The summed E-state index contributed by atoms with van der Waals surface area (Å²) in [7, 11) is 0. The molecule has 6 nitrogen and oxygen atoms in total. The third kappa shape index (κ3) is 11.9. The Hall–Kier alpha value is -1.14. The second-order valence-electron chi connectivity index (χ2n) is 8.16. The Morgan fingerprint density at radius 2 is 1.00 bits per heavy atom. The van der Waals surface area contributed by atoms with E-state index in [1.54, 1.807) is 0 Å². The lowest BCUT2D eigenvalue weighted by molar-refractivity contribution is -0.127. The van der Waals surface area contributed by atoms with Crippen LogP contribution in [0.1, 0.15) is 60.8 Å². The number of carbonyl (C=O) groups excluding carboxylic acids is 2. The minimum atomic E-state index is -0.190. The molecule has 0 aromatic carbocycles. The Kier molecular flexibility index (Phi) is 11.7. The normalized spacial score (nSPS) is 18.6. The maximum Gasteiger partial charge on any atom is 0.222 e. The molecule has 25 heavy (non-hydrogen) atoms. The van der Waals surface area contributed by atoms with Gasteiger partial charge in [-0.2, -0.15) is 0 Å². The molecule has 2 amide bonds. The van der Waals surface area contributed by atoms with Gasteiger partial charge in [-0.05, 0) is 44.9 Å². The van der Waals surface area contributed by atoms with Crippen LogP contribution in [0.15, 0.2) is 0 Å². The Morgan fingerprint density at radius 3 is 1.28 bits per heavy atom. The minimum absolute atomic E-state index is 0.00139. The Balaban J connectivity index is 4.15. The molecule has 0 aliphatic rings. The lowest BCUT2D eigenvalue weighted by Crippen LogP contribution is -2.38. The van der Waals surface area contributed by atoms with Gasteiger partial charge in [0.2, 0.25) is 11.8 Å². The highest BCUT2D eigenvalue weighted by Gasteiger charge is 2.21. The average molecular weight is 357 g/mol. The highest BCUT2D eigenvalue weighted by molar-refractivity contribution is 5.81. The van der Waals surface area contributed by atoms with Gasteiger partial charge in [-0.15, -0.1) is 0 Å². The first-order chi connectivity index (χ1) is 11.5. The standard InChI is InChI=1S/C19H40N4O2/c1-12(7-16(5)20)10-22-18(24)14(3)9-15(4)19(25)23-11-13(2)8-17(6)21/h12-17H,7-11,20-21H2,1-6H3,(H,22,24)(H,23,25). The Bertz CT molecular complexity index is 363. The molecule has 0 aliphatic heterocycles. The zero-order valence-corrected chi connectivity index (χ0v) is 17.0. The summed E-state index contributed by atoms with van der Waals surface area (Å²) >= 11 is 0. The Labute approximate surface area is 153 Å². The van der Waals surface area contributed by atoms with Gasteiger partial charge in [-0.3, -0.25) is 9.59 Å². The summed E-state index contributed by atoms with van der Waals surface area (Å²) < 4.78 is 0. The monoisotopic (exact) mass is 356 g/mol.